The molecule has 1 aromatic rings. The van der Waals surface area contributed by atoms with Crippen molar-refractivity contribution >= 4 is 11.9 Å². The normalized spacial score (nSPS) is 20.1. The number of amides is 3. The molecular weight excluding hydrogens is 409 g/mol. The maximum Gasteiger partial charge on any atom is 0.416 e. The first-order valence-corrected chi connectivity index (χ1v) is 10.9. The SMILES string of the molecule is CC(C)N1CCC(N2CCC(NC(=O)NC(=O)c3cccc(C(F)(F)F)c3)CC2)CC1. The van der Waals surface area contributed by atoms with Gasteiger partial charge in [0, 0.05) is 36.8 Å². The number of halogens is 3. The molecule has 0 bridgehead atoms. The Balaban J connectivity index is 1.43. The summed E-state index contributed by atoms with van der Waals surface area (Å²) < 4.78 is 38.4. The maximum atomic E-state index is 12.8. The molecule has 2 aliphatic rings. The van der Waals surface area contributed by atoms with E-state index in [-0.39, 0.29) is 11.6 Å². The Hall–Kier alpha value is -2.13. The predicted octanol–water partition coefficient (Wildman–Crippen LogP) is 3.48. The fourth-order valence-corrected chi connectivity index (χ4v) is 4.41. The summed E-state index contributed by atoms with van der Waals surface area (Å²) in [6.45, 7) is 8.44. The average Bonchev–Trinajstić information content (AvgIpc) is 2.74. The van der Waals surface area contributed by atoms with Gasteiger partial charge in [-0.1, -0.05) is 6.07 Å². The molecule has 0 aliphatic carbocycles. The highest BCUT2D eigenvalue weighted by Gasteiger charge is 2.32. The molecule has 1 aromatic carbocycles. The van der Waals surface area contributed by atoms with E-state index in [9.17, 15) is 22.8 Å². The van der Waals surface area contributed by atoms with Crippen LogP contribution in [-0.2, 0) is 6.18 Å². The number of piperidine rings is 2. The van der Waals surface area contributed by atoms with Gasteiger partial charge in [0.25, 0.3) is 5.91 Å². The maximum absolute atomic E-state index is 12.8. The Labute approximate surface area is 181 Å². The van der Waals surface area contributed by atoms with Crippen molar-refractivity contribution in [1.82, 2.24) is 20.4 Å². The van der Waals surface area contributed by atoms with Crippen LogP contribution in [0.1, 0.15) is 55.5 Å². The lowest BCUT2D eigenvalue weighted by molar-refractivity contribution is -0.137. The average molecular weight is 441 g/mol. The van der Waals surface area contributed by atoms with E-state index in [4.69, 9.17) is 0 Å². The molecule has 2 fully saturated rings. The molecule has 0 atom stereocenters. The van der Waals surface area contributed by atoms with Crippen LogP contribution in [0.3, 0.4) is 0 Å². The van der Waals surface area contributed by atoms with Crippen LogP contribution in [0.15, 0.2) is 24.3 Å². The van der Waals surface area contributed by atoms with Gasteiger partial charge in [-0.2, -0.15) is 13.2 Å². The minimum Gasteiger partial charge on any atom is -0.335 e. The van der Waals surface area contributed by atoms with Crippen molar-refractivity contribution in [1.29, 1.82) is 0 Å². The number of hydrogen-bond acceptors (Lipinski definition) is 4. The number of rotatable bonds is 4. The molecule has 0 saturated carbocycles. The third-order valence-corrected chi connectivity index (χ3v) is 6.29. The first kappa shape index (κ1) is 23.5. The van der Waals surface area contributed by atoms with Gasteiger partial charge in [-0.3, -0.25) is 10.1 Å². The molecule has 0 spiro atoms. The van der Waals surface area contributed by atoms with Crippen LogP contribution in [0, 0.1) is 0 Å². The van der Waals surface area contributed by atoms with Crippen molar-refractivity contribution in [3.63, 3.8) is 0 Å². The minimum absolute atomic E-state index is 0.0543. The molecule has 2 heterocycles. The topological polar surface area (TPSA) is 64.7 Å². The summed E-state index contributed by atoms with van der Waals surface area (Å²) in [6.07, 6.45) is -0.659. The number of urea groups is 1. The summed E-state index contributed by atoms with van der Waals surface area (Å²) in [5, 5.41) is 4.92. The summed E-state index contributed by atoms with van der Waals surface area (Å²) in [7, 11) is 0. The van der Waals surface area contributed by atoms with E-state index < -0.39 is 23.7 Å². The van der Waals surface area contributed by atoms with E-state index in [2.05, 4.69) is 34.3 Å². The predicted molar refractivity (Wildman–Crippen MR) is 112 cm³/mol. The molecule has 0 radical (unpaired) electrons. The quantitative estimate of drug-likeness (QED) is 0.753. The van der Waals surface area contributed by atoms with Crippen LogP contribution in [0.5, 0.6) is 0 Å². The lowest BCUT2D eigenvalue weighted by Gasteiger charge is -2.42. The van der Waals surface area contributed by atoms with E-state index in [1.165, 1.54) is 6.07 Å². The minimum atomic E-state index is -4.54. The van der Waals surface area contributed by atoms with Gasteiger partial charge in [0.05, 0.1) is 5.56 Å². The highest BCUT2D eigenvalue weighted by Crippen LogP contribution is 2.29. The Morgan fingerprint density at radius 2 is 1.68 bits per heavy atom. The van der Waals surface area contributed by atoms with Crippen molar-refractivity contribution in [3.05, 3.63) is 35.4 Å². The summed E-state index contributed by atoms with van der Waals surface area (Å²) in [5.41, 5.74) is -1.13. The second-order valence-corrected chi connectivity index (χ2v) is 8.68. The molecule has 0 unspecified atom stereocenters. The van der Waals surface area contributed by atoms with Crippen molar-refractivity contribution in [2.75, 3.05) is 26.2 Å². The fraction of sp³-hybridized carbons (Fsp3) is 0.636. The second-order valence-electron chi connectivity index (χ2n) is 8.68. The van der Waals surface area contributed by atoms with Crippen molar-refractivity contribution in [2.24, 2.45) is 0 Å². The van der Waals surface area contributed by atoms with Gasteiger partial charge in [0.1, 0.15) is 0 Å². The Kier molecular flexibility index (Phi) is 7.59. The molecule has 2 aliphatic heterocycles. The van der Waals surface area contributed by atoms with E-state index in [0.717, 1.165) is 70.1 Å². The number of benzene rings is 1. The van der Waals surface area contributed by atoms with E-state index in [1.54, 1.807) is 0 Å². The smallest absolute Gasteiger partial charge is 0.335 e. The van der Waals surface area contributed by atoms with Crippen LogP contribution in [0.2, 0.25) is 0 Å². The van der Waals surface area contributed by atoms with Gasteiger partial charge in [-0.25, -0.2) is 4.79 Å². The monoisotopic (exact) mass is 440 g/mol. The molecule has 3 amide bonds. The highest BCUT2D eigenvalue weighted by atomic mass is 19.4. The van der Waals surface area contributed by atoms with Crippen LogP contribution < -0.4 is 10.6 Å². The van der Waals surface area contributed by atoms with E-state index in [0.29, 0.717) is 12.1 Å². The van der Waals surface area contributed by atoms with Gasteiger partial charge < -0.3 is 15.1 Å². The summed E-state index contributed by atoms with van der Waals surface area (Å²) in [6, 6.07) is 4.45. The number of hydrogen-bond donors (Lipinski definition) is 2. The van der Waals surface area contributed by atoms with Gasteiger partial charge in [0.15, 0.2) is 0 Å². The van der Waals surface area contributed by atoms with E-state index >= 15 is 0 Å². The molecule has 172 valence electrons. The van der Waals surface area contributed by atoms with Gasteiger partial charge in [0.2, 0.25) is 0 Å². The van der Waals surface area contributed by atoms with E-state index in [1.807, 2.05) is 0 Å². The zero-order chi connectivity index (χ0) is 22.6. The molecule has 3 rings (SSSR count). The lowest BCUT2D eigenvalue weighted by atomic mass is 9.97. The summed E-state index contributed by atoms with van der Waals surface area (Å²) in [5.74, 6) is -0.849. The Morgan fingerprint density at radius 1 is 1.03 bits per heavy atom. The molecule has 31 heavy (non-hydrogen) atoms. The van der Waals surface area contributed by atoms with Gasteiger partial charge in [-0.05, 0) is 70.8 Å². The van der Waals surface area contributed by atoms with Crippen LogP contribution in [0.25, 0.3) is 0 Å². The molecule has 2 saturated heterocycles. The zero-order valence-electron chi connectivity index (χ0n) is 18.0. The molecule has 2 N–H and O–H groups in total. The second kappa shape index (κ2) is 9.99. The highest BCUT2D eigenvalue weighted by molar-refractivity contribution is 6.04. The number of imide groups is 1. The number of nitrogens with one attached hydrogen (secondary N) is 2. The van der Waals surface area contributed by atoms with Crippen LogP contribution in [0.4, 0.5) is 18.0 Å². The molecule has 6 nitrogen and oxygen atoms in total. The summed E-state index contributed by atoms with van der Waals surface area (Å²) in [4.78, 5) is 29.3. The lowest BCUT2D eigenvalue weighted by Crippen LogP contribution is -2.53. The Morgan fingerprint density at radius 3 is 2.26 bits per heavy atom. The number of alkyl halides is 3. The molecule has 0 aromatic heterocycles. The number of likely N-dealkylation sites (tertiary alicyclic amines) is 2. The first-order valence-electron chi connectivity index (χ1n) is 10.9. The zero-order valence-corrected chi connectivity index (χ0v) is 18.0. The molecule has 9 heteroatoms. The van der Waals surface area contributed by atoms with Gasteiger partial charge in [-0.15, -0.1) is 0 Å². The third-order valence-electron chi connectivity index (χ3n) is 6.29. The molecular formula is C22H31F3N4O2. The first-order chi connectivity index (χ1) is 14.6. The van der Waals surface area contributed by atoms with Crippen LogP contribution >= 0.6 is 0 Å². The van der Waals surface area contributed by atoms with Crippen molar-refractivity contribution < 1.29 is 22.8 Å². The van der Waals surface area contributed by atoms with Crippen molar-refractivity contribution in [3.8, 4) is 0 Å². The summed E-state index contributed by atoms with van der Waals surface area (Å²) >= 11 is 0. The van der Waals surface area contributed by atoms with Crippen LogP contribution in [-0.4, -0.2) is 66.0 Å². The Bertz CT molecular complexity index is 768. The number of nitrogens with zero attached hydrogens (tertiary/aromatic N) is 2. The fourth-order valence-electron chi connectivity index (χ4n) is 4.41. The largest absolute Gasteiger partial charge is 0.416 e. The number of carbonyl (C=O) groups is 2. The van der Waals surface area contributed by atoms with Crippen molar-refractivity contribution in [2.45, 2.75) is 63.8 Å². The third kappa shape index (κ3) is 6.43. The van der Waals surface area contributed by atoms with Gasteiger partial charge >= 0.3 is 12.2 Å². The standard InChI is InChI=1S/C22H31F3N4O2/c1-15(2)28-12-8-19(9-13-28)29-10-6-18(7-11-29)26-21(31)27-20(30)16-4-3-5-17(14-16)22(23,24)25/h3-5,14-15,18-19H,6-13H2,1-2H3,(H2,26,27,30,31). The number of carbonyl (C=O) groups excluding carboxylic acids is 2.